The van der Waals surface area contributed by atoms with Crippen molar-refractivity contribution in [3.8, 4) is 11.5 Å². The van der Waals surface area contributed by atoms with E-state index in [0.29, 0.717) is 48.1 Å². The van der Waals surface area contributed by atoms with E-state index in [1.165, 1.54) is 7.11 Å². The first-order valence-electron chi connectivity index (χ1n) is 7.00. The van der Waals surface area contributed by atoms with Gasteiger partial charge >= 0.3 is 0 Å². The molecular formula is C15H22ClNO4. The summed E-state index contributed by atoms with van der Waals surface area (Å²) in [6, 6.07) is 3.13. The first-order chi connectivity index (χ1) is 10.0. The van der Waals surface area contributed by atoms with Gasteiger partial charge < -0.3 is 19.9 Å². The molecule has 5 nitrogen and oxygen atoms in total. The molecule has 1 amide bonds. The third kappa shape index (κ3) is 5.10. The molecule has 0 aliphatic rings. The molecule has 1 aromatic carbocycles. The Morgan fingerprint density at radius 1 is 1.43 bits per heavy atom. The van der Waals surface area contributed by atoms with Crippen LogP contribution in [0.1, 0.15) is 37.0 Å². The van der Waals surface area contributed by atoms with Crippen LogP contribution in [0.25, 0.3) is 0 Å². The van der Waals surface area contributed by atoms with Crippen LogP contribution in [0.5, 0.6) is 11.5 Å². The summed E-state index contributed by atoms with van der Waals surface area (Å²) in [7, 11) is 1.49. The maximum absolute atomic E-state index is 12.1. The Morgan fingerprint density at radius 3 is 2.71 bits per heavy atom. The predicted octanol–water partition coefficient (Wildman–Crippen LogP) is 2.64. The maximum atomic E-state index is 12.1. The van der Waals surface area contributed by atoms with Crippen molar-refractivity contribution in [2.75, 3.05) is 20.3 Å². The zero-order chi connectivity index (χ0) is 15.8. The van der Waals surface area contributed by atoms with Crippen molar-refractivity contribution < 1.29 is 19.4 Å². The number of aliphatic hydroxyl groups excluding tert-OH is 1. The maximum Gasteiger partial charge on any atom is 0.251 e. The number of carbonyl (C=O) groups excluding carboxylic acids is 1. The number of amides is 1. The minimum Gasteiger partial charge on any atom is -0.493 e. The van der Waals surface area contributed by atoms with Gasteiger partial charge in [0.1, 0.15) is 0 Å². The van der Waals surface area contributed by atoms with Crippen molar-refractivity contribution in [1.82, 2.24) is 5.32 Å². The van der Waals surface area contributed by atoms with Crippen LogP contribution < -0.4 is 14.8 Å². The molecule has 0 radical (unpaired) electrons. The Labute approximate surface area is 130 Å². The molecule has 0 fully saturated rings. The lowest BCUT2D eigenvalue weighted by Crippen LogP contribution is -2.27. The topological polar surface area (TPSA) is 67.8 Å². The highest BCUT2D eigenvalue weighted by Crippen LogP contribution is 2.36. The number of hydrogen-bond acceptors (Lipinski definition) is 4. The summed E-state index contributed by atoms with van der Waals surface area (Å²) in [5.41, 5.74) is 0.395. The van der Waals surface area contributed by atoms with E-state index in [0.717, 1.165) is 0 Å². The molecule has 0 aliphatic heterocycles. The van der Waals surface area contributed by atoms with Gasteiger partial charge in [-0.3, -0.25) is 4.79 Å². The molecule has 1 aromatic rings. The summed E-state index contributed by atoms with van der Waals surface area (Å²) >= 11 is 6.12. The fourth-order valence-electron chi connectivity index (χ4n) is 1.79. The van der Waals surface area contributed by atoms with Crippen LogP contribution in [0.4, 0.5) is 0 Å². The second kappa shape index (κ2) is 8.74. The van der Waals surface area contributed by atoms with Gasteiger partial charge in [-0.25, -0.2) is 0 Å². The molecule has 2 N–H and O–H groups in total. The predicted molar refractivity (Wildman–Crippen MR) is 82.4 cm³/mol. The standard InChI is InChI=1S/C15H22ClNO4/c1-4-11(18)6-7-17-15(19)10-8-12(16)14(21-5-2)13(9-10)20-3/h8-9,11,18H,4-7H2,1-3H3,(H,17,19)/t11-/m1/s1. The van der Waals surface area contributed by atoms with Crippen molar-refractivity contribution in [1.29, 1.82) is 0 Å². The van der Waals surface area contributed by atoms with Crippen molar-refractivity contribution >= 4 is 17.5 Å². The van der Waals surface area contributed by atoms with Crippen LogP contribution in [0, 0.1) is 0 Å². The SMILES string of the molecule is CCOc1c(Cl)cc(C(=O)NCC[C@H](O)CC)cc1OC. The van der Waals surface area contributed by atoms with Gasteiger partial charge in [0.15, 0.2) is 11.5 Å². The first-order valence-corrected chi connectivity index (χ1v) is 7.37. The van der Waals surface area contributed by atoms with Gasteiger partial charge in [-0.15, -0.1) is 0 Å². The Bertz CT molecular complexity index is 479. The molecule has 0 bridgehead atoms. The molecule has 0 saturated carbocycles. The summed E-state index contributed by atoms with van der Waals surface area (Å²) < 4.78 is 10.6. The van der Waals surface area contributed by atoms with E-state index in [9.17, 15) is 9.90 Å². The molecular weight excluding hydrogens is 294 g/mol. The van der Waals surface area contributed by atoms with Crippen LogP contribution in [0.15, 0.2) is 12.1 Å². The zero-order valence-corrected chi connectivity index (χ0v) is 13.4. The van der Waals surface area contributed by atoms with Gasteiger partial charge in [-0.05, 0) is 31.9 Å². The van der Waals surface area contributed by atoms with E-state index < -0.39 is 6.10 Å². The number of hydrogen-bond donors (Lipinski definition) is 2. The van der Waals surface area contributed by atoms with Gasteiger partial charge in [0.25, 0.3) is 5.91 Å². The smallest absolute Gasteiger partial charge is 0.251 e. The number of ether oxygens (including phenoxy) is 2. The Kier molecular flexibility index (Phi) is 7.32. The Morgan fingerprint density at radius 2 is 2.14 bits per heavy atom. The van der Waals surface area contributed by atoms with Crippen LogP contribution in [-0.2, 0) is 0 Å². The molecule has 118 valence electrons. The number of carbonyl (C=O) groups is 1. The second-order valence-electron chi connectivity index (χ2n) is 4.53. The molecule has 21 heavy (non-hydrogen) atoms. The molecule has 0 heterocycles. The van der Waals surface area contributed by atoms with Crippen molar-refractivity contribution in [3.05, 3.63) is 22.7 Å². The van der Waals surface area contributed by atoms with E-state index in [4.69, 9.17) is 21.1 Å². The van der Waals surface area contributed by atoms with Crippen molar-refractivity contribution in [2.24, 2.45) is 0 Å². The molecule has 0 unspecified atom stereocenters. The summed E-state index contributed by atoms with van der Waals surface area (Å²) in [6.45, 7) is 4.59. The van der Waals surface area contributed by atoms with Crippen molar-refractivity contribution in [2.45, 2.75) is 32.8 Å². The van der Waals surface area contributed by atoms with Gasteiger partial charge in [0.05, 0.1) is 24.8 Å². The van der Waals surface area contributed by atoms with Crippen LogP contribution in [0.3, 0.4) is 0 Å². The number of aliphatic hydroxyl groups is 1. The minimum atomic E-state index is -0.399. The fraction of sp³-hybridized carbons (Fsp3) is 0.533. The van der Waals surface area contributed by atoms with Gasteiger partial charge in [-0.1, -0.05) is 18.5 Å². The number of methoxy groups -OCH3 is 1. The summed E-state index contributed by atoms with van der Waals surface area (Å²) in [6.07, 6.45) is 0.784. The zero-order valence-electron chi connectivity index (χ0n) is 12.6. The molecule has 0 spiro atoms. The highest BCUT2D eigenvalue weighted by molar-refractivity contribution is 6.32. The molecule has 0 aromatic heterocycles. The van der Waals surface area contributed by atoms with E-state index in [-0.39, 0.29) is 5.91 Å². The highest BCUT2D eigenvalue weighted by Gasteiger charge is 2.15. The monoisotopic (exact) mass is 315 g/mol. The van der Waals surface area contributed by atoms with E-state index in [1.807, 2.05) is 13.8 Å². The number of rotatable bonds is 8. The van der Waals surface area contributed by atoms with E-state index in [2.05, 4.69) is 5.32 Å². The molecule has 0 aliphatic carbocycles. The third-order valence-electron chi connectivity index (χ3n) is 3.01. The average molecular weight is 316 g/mol. The molecule has 1 rings (SSSR count). The summed E-state index contributed by atoms with van der Waals surface area (Å²) in [4.78, 5) is 12.1. The largest absolute Gasteiger partial charge is 0.493 e. The number of benzene rings is 1. The summed E-state index contributed by atoms with van der Waals surface area (Å²) in [5, 5.41) is 12.5. The van der Waals surface area contributed by atoms with Crippen LogP contribution >= 0.6 is 11.6 Å². The minimum absolute atomic E-state index is 0.262. The quantitative estimate of drug-likeness (QED) is 0.774. The molecule has 6 heteroatoms. The van der Waals surface area contributed by atoms with Gasteiger partial charge in [0, 0.05) is 12.1 Å². The number of nitrogens with one attached hydrogen (secondary N) is 1. The highest BCUT2D eigenvalue weighted by atomic mass is 35.5. The van der Waals surface area contributed by atoms with E-state index in [1.54, 1.807) is 12.1 Å². The van der Waals surface area contributed by atoms with Crippen LogP contribution in [-0.4, -0.2) is 37.4 Å². The lowest BCUT2D eigenvalue weighted by Gasteiger charge is -2.13. The molecule has 1 atom stereocenters. The second-order valence-corrected chi connectivity index (χ2v) is 4.94. The lowest BCUT2D eigenvalue weighted by molar-refractivity contribution is 0.0941. The number of halogens is 1. The van der Waals surface area contributed by atoms with E-state index >= 15 is 0 Å². The lowest BCUT2D eigenvalue weighted by atomic mass is 10.1. The molecule has 0 saturated heterocycles. The average Bonchev–Trinajstić information content (AvgIpc) is 2.48. The Hall–Kier alpha value is -1.46. The van der Waals surface area contributed by atoms with Gasteiger partial charge in [0.2, 0.25) is 0 Å². The normalized spacial score (nSPS) is 11.9. The summed E-state index contributed by atoms with van der Waals surface area (Å²) in [5.74, 6) is 0.587. The van der Waals surface area contributed by atoms with Crippen molar-refractivity contribution in [3.63, 3.8) is 0 Å². The fourth-order valence-corrected chi connectivity index (χ4v) is 2.06. The first kappa shape index (κ1) is 17.6. The third-order valence-corrected chi connectivity index (χ3v) is 3.30. The Balaban J connectivity index is 2.78. The van der Waals surface area contributed by atoms with Gasteiger partial charge in [-0.2, -0.15) is 0 Å². The van der Waals surface area contributed by atoms with Crippen LogP contribution in [0.2, 0.25) is 5.02 Å².